The van der Waals surface area contributed by atoms with Crippen LogP contribution in [-0.2, 0) is 0 Å². The average molecular weight is 358 g/mol. The summed E-state index contributed by atoms with van der Waals surface area (Å²) < 4.78 is 0. The maximum absolute atomic E-state index is 6.66. The first-order valence-corrected chi connectivity index (χ1v) is 10.6. The Morgan fingerprint density at radius 3 is 2.27 bits per heavy atom. The van der Waals surface area contributed by atoms with E-state index in [0.717, 1.165) is 18.8 Å². The summed E-state index contributed by atoms with van der Waals surface area (Å²) in [6.07, 6.45) is 12.9. The van der Waals surface area contributed by atoms with Crippen molar-refractivity contribution in [3.8, 4) is 0 Å². The van der Waals surface area contributed by atoms with Crippen LogP contribution in [0, 0.1) is 17.8 Å². The topological polar surface area (TPSA) is 26.0 Å². The van der Waals surface area contributed by atoms with Crippen LogP contribution >= 0.6 is 0 Å². The highest BCUT2D eigenvalue weighted by atomic mass is 14.6. The number of hydrogen-bond donors (Lipinski definition) is 1. The van der Waals surface area contributed by atoms with Gasteiger partial charge in [-0.3, -0.25) is 0 Å². The van der Waals surface area contributed by atoms with E-state index < -0.39 is 0 Å². The molecular weight excluding hydrogens is 314 g/mol. The van der Waals surface area contributed by atoms with Gasteiger partial charge in [0.25, 0.3) is 0 Å². The van der Waals surface area contributed by atoms with Crippen molar-refractivity contribution >= 4 is 0 Å². The lowest BCUT2D eigenvalue weighted by Gasteiger charge is -2.35. The molecule has 1 rings (SSSR count). The molecule has 1 aliphatic rings. The highest BCUT2D eigenvalue weighted by Crippen LogP contribution is 2.41. The molecule has 1 nitrogen and oxygen atoms in total. The Kier molecular flexibility index (Phi) is 9.64. The molecular formula is C25H43N. The van der Waals surface area contributed by atoms with Crippen molar-refractivity contribution < 1.29 is 0 Å². The molecule has 4 atom stereocenters. The summed E-state index contributed by atoms with van der Waals surface area (Å²) in [5.74, 6) is 2.03. The van der Waals surface area contributed by atoms with Crippen LogP contribution < -0.4 is 5.73 Å². The van der Waals surface area contributed by atoms with E-state index in [4.69, 9.17) is 5.73 Å². The van der Waals surface area contributed by atoms with Crippen LogP contribution in [-0.4, -0.2) is 6.04 Å². The molecule has 2 N–H and O–H groups in total. The minimum Gasteiger partial charge on any atom is -0.324 e. The molecule has 148 valence electrons. The van der Waals surface area contributed by atoms with Gasteiger partial charge in [-0.1, -0.05) is 62.1 Å². The van der Waals surface area contributed by atoms with Crippen molar-refractivity contribution in [1.82, 2.24) is 0 Å². The maximum atomic E-state index is 6.66. The Labute approximate surface area is 163 Å². The Hall–Kier alpha value is -1.08. The molecule has 1 aliphatic carbocycles. The summed E-state index contributed by atoms with van der Waals surface area (Å²) in [7, 11) is 0. The van der Waals surface area contributed by atoms with Crippen LogP contribution in [0.1, 0.15) is 87.5 Å². The fourth-order valence-electron chi connectivity index (χ4n) is 4.22. The monoisotopic (exact) mass is 357 g/mol. The third kappa shape index (κ3) is 6.91. The molecule has 0 bridgehead atoms. The second kappa shape index (κ2) is 10.9. The van der Waals surface area contributed by atoms with Crippen LogP contribution in [0.4, 0.5) is 0 Å². The summed E-state index contributed by atoms with van der Waals surface area (Å²) in [5, 5.41) is 0. The van der Waals surface area contributed by atoms with E-state index in [1.807, 2.05) is 0 Å². The van der Waals surface area contributed by atoms with E-state index in [2.05, 4.69) is 73.6 Å². The van der Waals surface area contributed by atoms with Crippen LogP contribution in [0.2, 0.25) is 0 Å². The van der Waals surface area contributed by atoms with E-state index in [1.165, 1.54) is 36.0 Å². The van der Waals surface area contributed by atoms with Gasteiger partial charge in [-0.2, -0.15) is 0 Å². The smallest absolute Gasteiger partial charge is 0.0259 e. The van der Waals surface area contributed by atoms with Crippen molar-refractivity contribution in [2.24, 2.45) is 23.5 Å². The van der Waals surface area contributed by atoms with Gasteiger partial charge in [0.1, 0.15) is 0 Å². The first kappa shape index (κ1) is 23.0. The summed E-state index contributed by atoms with van der Waals surface area (Å²) in [6, 6.07) is 0.132. The molecule has 4 unspecified atom stereocenters. The molecule has 1 saturated carbocycles. The number of nitrogens with two attached hydrogens (primary N) is 1. The molecule has 0 heterocycles. The summed E-state index contributed by atoms with van der Waals surface area (Å²) in [5.41, 5.74) is 14.0. The van der Waals surface area contributed by atoms with E-state index >= 15 is 0 Å². The molecule has 0 aromatic carbocycles. The fraction of sp³-hybridized carbons (Fsp3) is 0.680. The minimum atomic E-state index is 0.132. The first-order valence-electron chi connectivity index (χ1n) is 10.6. The Bertz CT molecular complexity index is 565. The van der Waals surface area contributed by atoms with Crippen LogP contribution in [0.25, 0.3) is 0 Å². The molecule has 0 aromatic heterocycles. The van der Waals surface area contributed by atoms with Gasteiger partial charge < -0.3 is 5.73 Å². The van der Waals surface area contributed by atoms with E-state index in [9.17, 15) is 0 Å². The lowest BCUT2D eigenvalue weighted by atomic mass is 9.70. The van der Waals surface area contributed by atoms with Gasteiger partial charge >= 0.3 is 0 Å². The van der Waals surface area contributed by atoms with E-state index in [-0.39, 0.29) is 6.04 Å². The normalized spacial score (nSPS) is 27.7. The maximum Gasteiger partial charge on any atom is 0.0259 e. The van der Waals surface area contributed by atoms with Crippen molar-refractivity contribution in [2.75, 3.05) is 0 Å². The predicted octanol–water partition coefficient (Wildman–Crippen LogP) is 7.36. The predicted molar refractivity (Wildman–Crippen MR) is 118 cm³/mol. The van der Waals surface area contributed by atoms with Crippen LogP contribution in [0.15, 0.2) is 46.1 Å². The van der Waals surface area contributed by atoms with Gasteiger partial charge in [-0.25, -0.2) is 0 Å². The Balaban J connectivity index is 3.21. The lowest BCUT2D eigenvalue weighted by molar-refractivity contribution is 0.305. The fourth-order valence-corrected chi connectivity index (χ4v) is 4.22. The highest BCUT2D eigenvalue weighted by molar-refractivity contribution is 5.38. The van der Waals surface area contributed by atoms with Gasteiger partial charge in [0.15, 0.2) is 0 Å². The van der Waals surface area contributed by atoms with Gasteiger partial charge in [-0.15, -0.1) is 0 Å². The molecule has 1 heteroatoms. The SMILES string of the molecule is CC/C=C1/CC(C)CCC(C)C(CC(N)/C(C)=C/C=C(C)C)C1=C(C)C. The Morgan fingerprint density at radius 2 is 1.73 bits per heavy atom. The molecule has 0 aliphatic heterocycles. The van der Waals surface area contributed by atoms with Crippen molar-refractivity contribution in [3.05, 3.63) is 46.1 Å². The van der Waals surface area contributed by atoms with Crippen LogP contribution in [0.3, 0.4) is 0 Å². The molecule has 0 radical (unpaired) electrons. The van der Waals surface area contributed by atoms with Crippen molar-refractivity contribution in [1.29, 1.82) is 0 Å². The second-order valence-corrected chi connectivity index (χ2v) is 9.02. The third-order valence-corrected chi connectivity index (χ3v) is 5.85. The van der Waals surface area contributed by atoms with Gasteiger partial charge in [0, 0.05) is 6.04 Å². The first-order chi connectivity index (χ1) is 12.2. The summed E-state index contributed by atoms with van der Waals surface area (Å²) in [6.45, 7) is 18.2. The standard InChI is InChI=1S/C25H43N/c1-9-10-22-15-19(6)12-14-20(7)23(25(22)18(4)5)16-24(26)21(8)13-11-17(2)3/h10-11,13,19-20,23-24H,9,12,14-16,26H2,1-8H3/b21-13+,22-10-. The molecule has 0 saturated heterocycles. The minimum absolute atomic E-state index is 0.132. The van der Waals surface area contributed by atoms with Crippen molar-refractivity contribution in [3.63, 3.8) is 0 Å². The highest BCUT2D eigenvalue weighted by Gasteiger charge is 2.30. The largest absolute Gasteiger partial charge is 0.324 e. The average Bonchev–Trinajstić information content (AvgIpc) is 2.55. The van der Waals surface area contributed by atoms with Crippen molar-refractivity contribution in [2.45, 2.75) is 93.5 Å². The summed E-state index contributed by atoms with van der Waals surface area (Å²) in [4.78, 5) is 0. The van der Waals surface area contributed by atoms with Crippen LogP contribution in [0.5, 0.6) is 0 Å². The van der Waals surface area contributed by atoms with Gasteiger partial charge in [0.05, 0.1) is 0 Å². The van der Waals surface area contributed by atoms with Gasteiger partial charge in [0.2, 0.25) is 0 Å². The molecule has 0 amide bonds. The molecule has 0 spiro atoms. The lowest BCUT2D eigenvalue weighted by Crippen LogP contribution is -2.30. The second-order valence-electron chi connectivity index (χ2n) is 9.02. The Morgan fingerprint density at radius 1 is 1.08 bits per heavy atom. The third-order valence-electron chi connectivity index (χ3n) is 5.85. The van der Waals surface area contributed by atoms with Gasteiger partial charge in [-0.05, 0) is 89.2 Å². The number of hydrogen-bond acceptors (Lipinski definition) is 1. The quantitative estimate of drug-likeness (QED) is 0.511. The number of allylic oxidation sites excluding steroid dienone is 7. The van der Waals surface area contributed by atoms with E-state index in [0.29, 0.717) is 11.8 Å². The zero-order chi connectivity index (χ0) is 19.9. The van der Waals surface area contributed by atoms with E-state index in [1.54, 1.807) is 11.1 Å². The molecule has 26 heavy (non-hydrogen) atoms. The number of rotatable bonds is 5. The summed E-state index contributed by atoms with van der Waals surface area (Å²) >= 11 is 0. The zero-order valence-electron chi connectivity index (χ0n) is 18.7. The molecule has 1 fully saturated rings. The zero-order valence-corrected chi connectivity index (χ0v) is 18.7. The molecule has 0 aromatic rings.